The van der Waals surface area contributed by atoms with Crippen molar-refractivity contribution in [2.24, 2.45) is 0 Å². The third kappa shape index (κ3) is 5.24. The van der Waals surface area contributed by atoms with Gasteiger partial charge in [0.1, 0.15) is 36.0 Å². The second-order valence-electron chi connectivity index (χ2n) is 6.67. The Hall–Kier alpha value is -3.10. The van der Waals surface area contributed by atoms with E-state index in [0.717, 1.165) is 25.0 Å². The average molecular weight is 402 g/mol. The second-order valence-corrected chi connectivity index (χ2v) is 6.67. The van der Waals surface area contributed by atoms with Crippen molar-refractivity contribution in [2.45, 2.75) is 52.1 Å². The molecule has 156 valence electrons. The number of unbranched alkanes of at least 4 members (excludes halogenated alkanes) is 2. The van der Waals surface area contributed by atoms with E-state index in [2.05, 4.69) is 22.3 Å². The van der Waals surface area contributed by atoms with Crippen LogP contribution in [0.5, 0.6) is 0 Å². The first-order valence-corrected chi connectivity index (χ1v) is 9.91. The van der Waals surface area contributed by atoms with Gasteiger partial charge in [0.2, 0.25) is 0 Å². The fourth-order valence-corrected chi connectivity index (χ4v) is 2.94. The number of carbonyl (C=O) groups is 2. The summed E-state index contributed by atoms with van der Waals surface area (Å²) >= 11 is 0. The van der Waals surface area contributed by atoms with Gasteiger partial charge in [-0.15, -0.1) is 0 Å². The molecule has 2 aromatic heterocycles. The molecule has 0 radical (unpaired) electrons. The van der Waals surface area contributed by atoms with Crippen molar-refractivity contribution in [1.29, 1.82) is 0 Å². The van der Waals surface area contributed by atoms with Gasteiger partial charge in [0, 0.05) is 12.8 Å². The molecule has 1 N–H and O–H groups in total. The number of ether oxygens (including phenoxy) is 3. The van der Waals surface area contributed by atoms with Crippen LogP contribution >= 0.6 is 0 Å². The summed E-state index contributed by atoms with van der Waals surface area (Å²) in [6, 6.07) is 3.64. The maximum atomic E-state index is 12.0. The monoisotopic (exact) mass is 402 g/mol. The summed E-state index contributed by atoms with van der Waals surface area (Å²) in [6.07, 6.45) is 6.41. The minimum absolute atomic E-state index is 0.210. The van der Waals surface area contributed by atoms with E-state index >= 15 is 0 Å². The van der Waals surface area contributed by atoms with Gasteiger partial charge < -0.3 is 14.2 Å². The maximum absolute atomic E-state index is 12.0. The lowest BCUT2D eigenvalue weighted by Gasteiger charge is -2.13. The summed E-state index contributed by atoms with van der Waals surface area (Å²) < 4.78 is 17.9. The average Bonchev–Trinajstić information content (AvgIpc) is 3.36. The van der Waals surface area contributed by atoms with E-state index in [1.54, 1.807) is 17.5 Å². The van der Waals surface area contributed by atoms with Crippen molar-refractivity contribution in [3.8, 4) is 0 Å². The fraction of sp³-hybridized carbons (Fsp3) is 0.500. The summed E-state index contributed by atoms with van der Waals surface area (Å²) in [5.41, 5.74) is 1.35. The molecule has 0 bridgehead atoms. The van der Waals surface area contributed by atoms with Crippen molar-refractivity contribution in [2.75, 3.05) is 18.5 Å². The lowest BCUT2D eigenvalue weighted by atomic mass is 10.2. The first-order chi connectivity index (χ1) is 14.1. The van der Waals surface area contributed by atoms with Gasteiger partial charge in [-0.25, -0.2) is 14.3 Å². The molecule has 0 spiro atoms. The normalized spacial score (nSPS) is 15.7. The highest BCUT2D eigenvalue weighted by atomic mass is 16.6. The van der Waals surface area contributed by atoms with Crippen LogP contribution < -0.4 is 5.32 Å². The molecule has 2 aromatic rings. The van der Waals surface area contributed by atoms with Crippen LogP contribution in [0.2, 0.25) is 0 Å². The standard InChI is InChI=1S/C20H26N4O5/c1-3-5-6-11-27-20(26)23-19-16-9-8-15(24(16)22-13-21-19)17-10-7-14(29-17)12-28-18(25)4-2/h8-10,13-14H,3-7,11-12H2,1-2H3,(H,21,22,23,26). The van der Waals surface area contributed by atoms with Gasteiger partial charge in [0.25, 0.3) is 0 Å². The Kier molecular flexibility index (Phi) is 7.04. The molecule has 3 heterocycles. The third-order valence-corrected chi connectivity index (χ3v) is 4.48. The number of nitrogens with one attached hydrogen (secondary N) is 1. The van der Waals surface area contributed by atoms with Crippen LogP contribution in [0, 0.1) is 0 Å². The molecule has 9 nitrogen and oxygen atoms in total. The van der Waals surface area contributed by atoms with E-state index < -0.39 is 6.09 Å². The van der Waals surface area contributed by atoms with Crippen LogP contribution in [0.3, 0.4) is 0 Å². The van der Waals surface area contributed by atoms with Crippen LogP contribution in [-0.2, 0) is 19.0 Å². The Labute approximate surface area is 169 Å². The number of nitrogens with zero attached hydrogens (tertiary/aromatic N) is 3. The van der Waals surface area contributed by atoms with Crippen LogP contribution in [0.1, 0.15) is 51.6 Å². The van der Waals surface area contributed by atoms with Gasteiger partial charge in [-0.05, 0) is 24.6 Å². The highest BCUT2D eigenvalue weighted by molar-refractivity contribution is 5.89. The Bertz CT molecular complexity index is 892. The van der Waals surface area contributed by atoms with Gasteiger partial charge in [-0.1, -0.05) is 26.7 Å². The number of hydrogen-bond donors (Lipinski definition) is 1. The van der Waals surface area contributed by atoms with Crippen molar-refractivity contribution < 1.29 is 23.8 Å². The van der Waals surface area contributed by atoms with E-state index in [4.69, 9.17) is 14.2 Å². The third-order valence-electron chi connectivity index (χ3n) is 4.48. The van der Waals surface area contributed by atoms with Crippen molar-refractivity contribution >= 4 is 29.2 Å². The number of fused-ring (bicyclic) bond motifs is 1. The Balaban J connectivity index is 1.64. The van der Waals surface area contributed by atoms with Crippen LogP contribution in [0.4, 0.5) is 10.6 Å². The van der Waals surface area contributed by atoms with E-state index in [9.17, 15) is 9.59 Å². The molecule has 1 aliphatic rings. The molecular formula is C20H26N4O5. The molecule has 9 heteroatoms. The Morgan fingerprint density at radius 1 is 1.28 bits per heavy atom. The lowest BCUT2D eigenvalue weighted by molar-refractivity contribution is -0.145. The molecule has 0 saturated heterocycles. The fourth-order valence-electron chi connectivity index (χ4n) is 2.94. The van der Waals surface area contributed by atoms with Crippen molar-refractivity contribution in [3.05, 3.63) is 30.2 Å². The van der Waals surface area contributed by atoms with Crippen molar-refractivity contribution in [1.82, 2.24) is 14.6 Å². The largest absolute Gasteiger partial charge is 0.485 e. The molecule has 3 rings (SSSR count). The van der Waals surface area contributed by atoms with Gasteiger partial charge in [-0.3, -0.25) is 10.1 Å². The molecule has 29 heavy (non-hydrogen) atoms. The molecule has 0 aliphatic carbocycles. The summed E-state index contributed by atoms with van der Waals surface area (Å²) in [5.74, 6) is 0.758. The molecule has 0 saturated carbocycles. The minimum atomic E-state index is -0.543. The van der Waals surface area contributed by atoms with Crippen LogP contribution in [0.15, 0.2) is 24.5 Å². The summed E-state index contributed by atoms with van der Waals surface area (Å²) in [6.45, 7) is 4.42. The summed E-state index contributed by atoms with van der Waals surface area (Å²) in [4.78, 5) is 27.5. The number of esters is 1. The van der Waals surface area contributed by atoms with Gasteiger partial charge in [0.15, 0.2) is 5.82 Å². The number of amides is 1. The molecule has 1 amide bonds. The van der Waals surface area contributed by atoms with Crippen molar-refractivity contribution in [3.63, 3.8) is 0 Å². The second kappa shape index (κ2) is 9.90. The molecule has 0 fully saturated rings. The predicted molar refractivity (Wildman–Crippen MR) is 106 cm³/mol. The zero-order valence-corrected chi connectivity index (χ0v) is 16.7. The van der Waals surface area contributed by atoms with Gasteiger partial charge in [0.05, 0.1) is 6.61 Å². The van der Waals surface area contributed by atoms with Gasteiger partial charge >= 0.3 is 12.1 Å². The summed E-state index contributed by atoms with van der Waals surface area (Å²) in [5, 5.41) is 6.92. The Morgan fingerprint density at radius 2 is 2.14 bits per heavy atom. The first-order valence-electron chi connectivity index (χ1n) is 9.91. The number of hydrogen-bond acceptors (Lipinski definition) is 7. The zero-order valence-electron chi connectivity index (χ0n) is 16.7. The lowest BCUT2D eigenvalue weighted by Crippen LogP contribution is -2.18. The van der Waals surface area contributed by atoms with E-state index in [0.29, 0.717) is 36.5 Å². The van der Waals surface area contributed by atoms with Crippen LogP contribution in [-0.4, -0.2) is 46.0 Å². The maximum Gasteiger partial charge on any atom is 0.412 e. The predicted octanol–water partition coefficient (Wildman–Crippen LogP) is 3.55. The Morgan fingerprint density at radius 3 is 2.93 bits per heavy atom. The minimum Gasteiger partial charge on any atom is -0.485 e. The quantitative estimate of drug-likeness (QED) is 0.505. The molecule has 1 aliphatic heterocycles. The van der Waals surface area contributed by atoms with E-state index in [1.165, 1.54) is 6.33 Å². The number of aromatic nitrogens is 3. The highest BCUT2D eigenvalue weighted by Crippen LogP contribution is 2.28. The smallest absolute Gasteiger partial charge is 0.412 e. The zero-order chi connectivity index (χ0) is 20.6. The number of carbonyl (C=O) groups excluding carboxylic acids is 2. The first kappa shape index (κ1) is 20.6. The molecule has 1 unspecified atom stereocenters. The van der Waals surface area contributed by atoms with E-state index in [-0.39, 0.29) is 18.7 Å². The van der Waals surface area contributed by atoms with E-state index in [1.807, 2.05) is 12.1 Å². The topological polar surface area (TPSA) is 104 Å². The van der Waals surface area contributed by atoms with Crippen LogP contribution in [0.25, 0.3) is 11.3 Å². The molecule has 0 aromatic carbocycles. The van der Waals surface area contributed by atoms with Gasteiger partial charge in [-0.2, -0.15) is 5.10 Å². The molecule has 1 atom stereocenters. The summed E-state index contributed by atoms with van der Waals surface area (Å²) in [7, 11) is 0. The number of rotatable bonds is 9. The highest BCUT2D eigenvalue weighted by Gasteiger charge is 2.23. The molecular weight excluding hydrogens is 376 g/mol. The number of anilines is 1. The SMILES string of the molecule is CCCCCOC(=O)Nc1ncnn2c(C3=CCC(COC(=O)CC)O3)ccc12.